The number of hydrogen-bond acceptors (Lipinski definition) is 5. The van der Waals surface area contributed by atoms with Gasteiger partial charge in [-0.15, -0.1) is 0 Å². The van der Waals surface area contributed by atoms with E-state index in [1.165, 1.54) is 0 Å². The smallest absolute Gasteiger partial charge is 0.320 e. The zero-order valence-corrected chi connectivity index (χ0v) is 6.40. The summed E-state index contributed by atoms with van der Waals surface area (Å²) in [6.45, 7) is 0.604. The maximum absolute atomic E-state index is 10.4. The molecule has 0 saturated heterocycles. The highest BCUT2D eigenvalue weighted by Crippen LogP contribution is 1.87. The minimum absolute atomic E-state index is 0.540. The number of hydrogen-bond donors (Lipinski definition) is 1. The van der Waals surface area contributed by atoms with Crippen LogP contribution in [0.2, 0.25) is 0 Å². The van der Waals surface area contributed by atoms with Crippen molar-refractivity contribution in [2.24, 2.45) is 0 Å². The maximum Gasteiger partial charge on any atom is 0.320 e. The Bertz CT molecular complexity index is 196. The van der Waals surface area contributed by atoms with E-state index in [2.05, 4.69) is 9.47 Å². The summed E-state index contributed by atoms with van der Waals surface area (Å²) in [4.78, 5) is 30.5. The largest absolute Gasteiger partial charge is 0.481 e. The number of carboxylic acid groups (broad SMARTS) is 1. The molecular formula is C6H8O6. The van der Waals surface area contributed by atoms with Crippen LogP contribution in [0, 0.1) is 0 Å². The Hall–Kier alpha value is -1.59. The Balaban J connectivity index is 3.44. The van der Waals surface area contributed by atoms with Gasteiger partial charge in [-0.3, -0.25) is 14.4 Å². The fourth-order valence-electron chi connectivity index (χ4n) is 0.353. The minimum Gasteiger partial charge on any atom is -0.481 e. The Kier molecular flexibility index (Phi) is 4.43. The lowest BCUT2D eigenvalue weighted by molar-refractivity contribution is -0.167. The first kappa shape index (κ1) is 10.4. The van der Waals surface area contributed by atoms with E-state index in [0.29, 0.717) is 0 Å². The number of rotatable bonds is 4. The molecule has 1 N–H and O–H groups in total. The highest BCUT2D eigenvalue weighted by Gasteiger charge is 2.08. The fourth-order valence-corrected chi connectivity index (χ4v) is 0.353. The fraction of sp³-hybridized carbons (Fsp3) is 0.500. The third-order valence-electron chi connectivity index (χ3n) is 0.778. The van der Waals surface area contributed by atoms with Crippen molar-refractivity contribution in [2.45, 2.75) is 13.3 Å². The average molecular weight is 176 g/mol. The van der Waals surface area contributed by atoms with Crippen LogP contribution in [-0.4, -0.2) is 29.8 Å². The summed E-state index contributed by atoms with van der Waals surface area (Å²) in [5.41, 5.74) is 0. The molecule has 0 aromatic carbocycles. The van der Waals surface area contributed by atoms with Crippen LogP contribution in [0.1, 0.15) is 13.3 Å². The van der Waals surface area contributed by atoms with Crippen molar-refractivity contribution >= 4 is 17.9 Å². The second-order valence-corrected chi connectivity index (χ2v) is 1.84. The molecule has 0 aromatic heterocycles. The van der Waals surface area contributed by atoms with Gasteiger partial charge in [0.2, 0.25) is 6.79 Å². The molecule has 0 aliphatic carbocycles. The van der Waals surface area contributed by atoms with E-state index in [0.717, 1.165) is 6.92 Å². The van der Waals surface area contributed by atoms with Gasteiger partial charge in [0.1, 0.15) is 6.42 Å². The van der Waals surface area contributed by atoms with E-state index in [4.69, 9.17) is 5.11 Å². The van der Waals surface area contributed by atoms with Crippen LogP contribution < -0.4 is 0 Å². The van der Waals surface area contributed by atoms with Crippen molar-refractivity contribution in [3.05, 3.63) is 0 Å². The molecule has 0 unspecified atom stereocenters. The molecule has 0 amide bonds. The molecule has 0 saturated carbocycles. The zero-order chi connectivity index (χ0) is 9.56. The van der Waals surface area contributed by atoms with Gasteiger partial charge in [0.15, 0.2) is 0 Å². The van der Waals surface area contributed by atoms with E-state index in [1.807, 2.05) is 0 Å². The third-order valence-corrected chi connectivity index (χ3v) is 0.778. The molecule has 0 aliphatic heterocycles. The van der Waals surface area contributed by atoms with Crippen molar-refractivity contribution < 1.29 is 29.0 Å². The molecule has 68 valence electrons. The number of carboxylic acids is 1. The lowest BCUT2D eigenvalue weighted by atomic mass is 10.4. The molecule has 0 bridgehead atoms. The van der Waals surface area contributed by atoms with Gasteiger partial charge in [0.25, 0.3) is 0 Å². The topological polar surface area (TPSA) is 89.9 Å². The highest BCUT2D eigenvalue weighted by atomic mass is 16.7. The summed E-state index contributed by atoms with van der Waals surface area (Å²) in [5, 5.41) is 8.08. The monoisotopic (exact) mass is 176 g/mol. The van der Waals surface area contributed by atoms with Gasteiger partial charge in [0, 0.05) is 6.92 Å². The molecular weight excluding hydrogens is 168 g/mol. The number of carbonyl (C=O) groups is 3. The van der Waals surface area contributed by atoms with Crippen LogP contribution in [0.5, 0.6) is 0 Å². The first-order chi connectivity index (χ1) is 5.52. The second-order valence-electron chi connectivity index (χ2n) is 1.84. The molecule has 12 heavy (non-hydrogen) atoms. The molecule has 0 fully saturated rings. The molecule has 0 heterocycles. The lowest BCUT2D eigenvalue weighted by Crippen LogP contribution is -2.13. The quantitative estimate of drug-likeness (QED) is 0.353. The van der Waals surface area contributed by atoms with Gasteiger partial charge in [-0.2, -0.15) is 0 Å². The highest BCUT2D eigenvalue weighted by molar-refractivity contribution is 5.90. The Morgan fingerprint density at radius 3 is 2.25 bits per heavy atom. The normalized spacial score (nSPS) is 8.75. The molecule has 0 radical (unpaired) electrons. The van der Waals surface area contributed by atoms with Crippen molar-refractivity contribution in [3.63, 3.8) is 0 Å². The van der Waals surface area contributed by atoms with Gasteiger partial charge >= 0.3 is 17.9 Å². The molecule has 0 rings (SSSR count). The Morgan fingerprint density at radius 2 is 1.83 bits per heavy atom. The van der Waals surface area contributed by atoms with Crippen LogP contribution >= 0.6 is 0 Å². The van der Waals surface area contributed by atoms with Crippen molar-refractivity contribution in [3.8, 4) is 0 Å². The summed E-state index contributed by atoms with van der Waals surface area (Å²) < 4.78 is 8.42. The molecule has 6 nitrogen and oxygen atoms in total. The van der Waals surface area contributed by atoms with Crippen LogP contribution in [0.15, 0.2) is 0 Å². The summed E-state index contributed by atoms with van der Waals surface area (Å²) >= 11 is 0. The first-order valence-corrected chi connectivity index (χ1v) is 3.03. The van der Waals surface area contributed by atoms with E-state index in [-0.39, 0.29) is 0 Å². The van der Waals surface area contributed by atoms with E-state index >= 15 is 0 Å². The zero-order valence-electron chi connectivity index (χ0n) is 6.40. The van der Waals surface area contributed by atoms with Gasteiger partial charge in [0.05, 0.1) is 0 Å². The van der Waals surface area contributed by atoms with E-state index in [1.54, 1.807) is 0 Å². The molecule has 0 aromatic rings. The summed E-state index contributed by atoms with van der Waals surface area (Å²) in [7, 11) is 0. The standard InChI is InChI=1S/C6H8O6/c1-4(7)11-3-12-6(10)2-5(8)9/h2-3H2,1H3,(H,8,9). The van der Waals surface area contributed by atoms with Crippen LogP contribution in [0.25, 0.3) is 0 Å². The van der Waals surface area contributed by atoms with Crippen LogP contribution in [0.3, 0.4) is 0 Å². The number of ether oxygens (including phenoxy) is 2. The van der Waals surface area contributed by atoms with E-state index < -0.39 is 31.1 Å². The minimum atomic E-state index is -1.29. The van der Waals surface area contributed by atoms with Crippen molar-refractivity contribution in [1.29, 1.82) is 0 Å². The van der Waals surface area contributed by atoms with Crippen LogP contribution in [-0.2, 0) is 23.9 Å². The predicted octanol–water partition coefficient (Wildman–Crippen LogP) is -0.475. The Morgan fingerprint density at radius 1 is 1.25 bits per heavy atom. The van der Waals surface area contributed by atoms with E-state index in [9.17, 15) is 14.4 Å². The summed E-state index contributed by atoms with van der Waals surface area (Å²) in [5.74, 6) is -2.83. The van der Waals surface area contributed by atoms with Crippen LogP contribution in [0.4, 0.5) is 0 Å². The van der Waals surface area contributed by atoms with Crippen molar-refractivity contribution in [1.82, 2.24) is 0 Å². The lowest BCUT2D eigenvalue weighted by Gasteiger charge is -2.01. The summed E-state index contributed by atoms with van der Waals surface area (Å²) in [6, 6.07) is 0. The number of esters is 2. The van der Waals surface area contributed by atoms with Gasteiger partial charge in [-0.05, 0) is 0 Å². The van der Waals surface area contributed by atoms with Gasteiger partial charge < -0.3 is 14.6 Å². The predicted molar refractivity (Wildman–Crippen MR) is 35.0 cm³/mol. The maximum atomic E-state index is 10.4. The Labute approximate surface area is 68.1 Å². The number of aliphatic carboxylic acids is 1. The van der Waals surface area contributed by atoms with Gasteiger partial charge in [-0.1, -0.05) is 0 Å². The average Bonchev–Trinajstić information content (AvgIpc) is 1.84. The van der Waals surface area contributed by atoms with Crippen molar-refractivity contribution in [2.75, 3.05) is 6.79 Å². The molecule has 0 spiro atoms. The van der Waals surface area contributed by atoms with Gasteiger partial charge in [-0.25, -0.2) is 0 Å². The summed E-state index contributed by atoms with van der Waals surface area (Å²) in [6.07, 6.45) is -0.735. The molecule has 0 atom stereocenters. The second kappa shape index (κ2) is 5.11. The molecule has 6 heteroatoms. The number of carbonyl (C=O) groups excluding carboxylic acids is 2. The molecule has 0 aliphatic rings. The first-order valence-electron chi connectivity index (χ1n) is 3.03. The third kappa shape index (κ3) is 6.53. The SMILES string of the molecule is CC(=O)OCOC(=O)CC(=O)O.